The van der Waals surface area contributed by atoms with Crippen molar-refractivity contribution in [3.8, 4) is 11.3 Å². The number of amides is 1. The van der Waals surface area contributed by atoms with Crippen molar-refractivity contribution >= 4 is 16.9 Å². The van der Waals surface area contributed by atoms with E-state index < -0.39 is 0 Å². The SMILES string of the molecule is CC(C)n1cnc2cc(C(=O)N3CCC[C@@H](c4cccc(-c5ccc(F)cc5)n4)C3)ccc21. The fraction of sp³-hybridized carbons (Fsp3) is 0.296. The first-order valence-electron chi connectivity index (χ1n) is 11.5. The molecule has 1 atom stereocenters. The van der Waals surface area contributed by atoms with Crippen LogP contribution in [0.25, 0.3) is 22.3 Å². The van der Waals surface area contributed by atoms with Crippen LogP contribution in [0.5, 0.6) is 0 Å². The van der Waals surface area contributed by atoms with Crippen LogP contribution in [0.3, 0.4) is 0 Å². The van der Waals surface area contributed by atoms with E-state index in [2.05, 4.69) is 23.4 Å². The van der Waals surface area contributed by atoms with E-state index >= 15 is 0 Å². The number of benzene rings is 2. The van der Waals surface area contributed by atoms with Crippen molar-refractivity contribution < 1.29 is 9.18 Å². The lowest BCUT2D eigenvalue weighted by Gasteiger charge is -2.32. The number of halogens is 1. The van der Waals surface area contributed by atoms with E-state index in [1.54, 1.807) is 12.1 Å². The maximum absolute atomic E-state index is 13.3. The zero-order valence-electron chi connectivity index (χ0n) is 18.9. The average Bonchev–Trinajstić information content (AvgIpc) is 3.28. The summed E-state index contributed by atoms with van der Waals surface area (Å²) < 4.78 is 15.4. The van der Waals surface area contributed by atoms with Crippen molar-refractivity contribution in [3.63, 3.8) is 0 Å². The van der Waals surface area contributed by atoms with Gasteiger partial charge in [0, 0.05) is 41.9 Å². The molecule has 1 aliphatic heterocycles. The van der Waals surface area contributed by atoms with E-state index in [1.807, 2.05) is 47.6 Å². The molecule has 1 saturated heterocycles. The predicted molar refractivity (Wildman–Crippen MR) is 128 cm³/mol. The van der Waals surface area contributed by atoms with Gasteiger partial charge in [-0.15, -0.1) is 0 Å². The van der Waals surface area contributed by atoms with E-state index in [0.717, 1.165) is 47.4 Å². The molecular formula is C27H27FN4O. The van der Waals surface area contributed by atoms with E-state index in [9.17, 15) is 9.18 Å². The third kappa shape index (κ3) is 4.25. The van der Waals surface area contributed by atoms with Crippen LogP contribution >= 0.6 is 0 Å². The second-order valence-electron chi connectivity index (χ2n) is 8.99. The fourth-order valence-corrected chi connectivity index (χ4v) is 4.62. The average molecular weight is 443 g/mol. The maximum Gasteiger partial charge on any atom is 0.253 e. The number of aromatic nitrogens is 3. The van der Waals surface area contributed by atoms with Gasteiger partial charge in [0.2, 0.25) is 0 Å². The van der Waals surface area contributed by atoms with Gasteiger partial charge in [0.05, 0.1) is 23.1 Å². The Morgan fingerprint density at radius 2 is 1.91 bits per heavy atom. The predicted octanol–water partition coefficient (Wildman–Crippen LogP) is 5.84. The molecule has 6 heteroatoms. The highest BCUT2D eigenvalue weighted by Gasteiger charge is 2.27. The topological polar surface area (TPSA) is 51.0 Å². The Bertz CT molecular complexity index is 1300. The number of hydrogen-bond acceptors (Lipinski definition) is 3. The van der Waals surface area contributed by atoms with Crippen LogP contribution in [0, 0.1) is 5.82 Å². The van der Waals surface area contributed by atoms with Crippen LogP contribution in [-0.2, 0) is 0 Å². The van der Waals surface area contributed by atoms with Crippen LogP contribution in [0.15, 0.2) is 67.0 Å². The molecule has 0 unspecified atom stereocenters. The number of fused-ring (bicyclic) bond motifs is 1. The number of rotatable bonds is 4. The third-order valence-electron chi connectivity index (χ3n) is 6.42. The highest BCUT2D eigenvalue weighted by molar-refractivity contribution is 5.97. The molecule has 0 N–H and O–H groups in total. The van der Waals surface area contributed by atoms with Crippen molar-refractivity contribution in [3.05, 3.63) is 84.1 Å². The molecule has 33 heavy (non-hydrogen) atoms. The molecule has 0 radical (unpaired) electrons. The lowest BCUT2D eigenvalue weighted by molar-refractivity contribution is 0.0706. The van der Waals surface area contributed by atoms with Gasteiger partial charge in [-0.2, -0.15) is 0 Å². The largest absolute Gasteiger partial charge is 0.338 e. The molecule has 5 nitrogen and oxygen atoms in total. The summed E-state index contributed by atoms with van der Waals surface area (Å²) in [7, 11) is 0. The maximum atomic E-state index is 13.3. The summed E-state index contributed by atoms with van der Waals surface area (Å²) in [5.41, 5.74) is 5.24. The van der Waals surface area contributed by atoms with Gasteiger partial charge in [-0.1, -0.05) is 6.07 Å². The number of nitrogens with zero attached hydrogens (tertiary/aromatic N) is 4. The summed E-state index contributed by atoms with van der Waals surface area (Å²) in [6.45, 7) is 5.61. The molecule has 0 bridgehead atoms. The summed E-state index contributed by atoms with van der Waals surface area (Å²) in [5, 5.41) is 0. The Hall–Kier alpha value is -3.54. The Morgan fingerprint density at radius 3 is 2.70 bits per heavy atom. The molecule has 0 saturated carbocycles. The lowest BCUT2D eigenvalue weighted by atomic mass is 9.93. The number of likely N-dealkylation sites (tertiary alicyclic amines) is 1. The summed E-state index contributed by atoms with van der Waals surface area (Å²) >= 11 is 0. The van der Waals surface area contributed by atoms with Crippen LogP contribution in [-0.4, -0.2) is 38.4 Å². The summed E-state index contributed by atoms with van der Waals surface area (Å²) in [6, 6.07) is 18.4. The van der Waals surface area contributed by atoms with E-state index in [4.69, 9.17) is 4.98 Å². The van der Waals surface area contributed by atoms with Crippen molar-refractivity contribution in [1.29, 1.82) is 0 Å². The van der Waals surface area contributed by atoms with Gasteiger partial charge in [-0.25, -0.2) is 9.37 Å². The Balaban J connectivity index is 1.36. The summed E-state index contributed by atoms with van der Waals surface area (Å²) in [5.74, 6) is -0.0483. The molecule has 2 aromatic carbocycles. The molecule has 3 heterocycles. The molecule has 1 fully saturated rings. The molecular weight excluding hydrogens is 415 g/mol. The first kappa shape index (κ1) is 21.3. The van der Waals surface area contributed by atoms with Crippen molar-refractivity contribution in [2.75, 3.05) is 13.1 Å². The number of carbonyl (C=O) groups is 1. The molecule has 1 amide bonds. The number of carbonyl (C=O) groups excluding carboxylic acids is 1. The quantitative estimate of drug-likeness (QED) is 0.399. The fourth-order valence-electron chi connectivity index (χ4n) is 4.62. The smallest absolute Gasteiger partial charge is 0.253 e. The van der Waals surface area contributed by atoms with Crippen molar-refractivity contribution in [1.82, 2.24) is 19.4 Å². The molecule has 0 aliphatic carbocycles. The number of hydrogen-bond donors (Lipinski definition) is 0. The van der Waals surface area contributed by atoms with Crippen molar-refractivity contribution in [2.45, 2.75) is 38.6 Å². The Morgan fingerprint density at radius 1 is 1.09 bits per heavy atom. The Labute approximate surface area is 192 Å². The highest BCUT2D eigenvalue weighted by atomic mass is 19.1. The summed E-state index contributed by atoms with van der Waals surface area (Å²) in [6.07, 6.45) is 3.75. The normalized spacial score (nSPS) is 16.5. The first-order valence-corrected chi connectivity index (χ1v) is 11.5. The molecule has 1 aliphatic rings. The molecule has 4 aromatic rings. The van der Waals surface area contributed by atoms with E-state index in [-0.39, 0.29) is 17.6 Å². The molecule has 2 aromatic heterocycles. The second-order valence-corrected chi connectivity index (χ2v) is 8.99. The van der Waals surface area contributed by atoms with Crippen LogP contribution in [0.1, 0.15) is 54.7 Å². The van der Waals surface area contributed by atoms with Gasteiger partial charge in [-0.3, -0.25) is 9.78 Å². The molecule has 5 rings (SSSR count). The first-order chi connectivity index (χ1) is 16.0. The van der Waals surface area contributed by atoms with Gasteiger partial charge in [-0.05, 0) is 81.3 Å². The standard InChI is InChI=1S/C27H27FN4O/c1-18(2)32-17-29-25-15-20(10-13-26(25)32)27(33)31-14-4-5-21(16-31)24-7-3-6-23(30-24)19-8-11-22(28)12-9-19/h3,6-13,15,17-18,21H,4-5,14,16H2,1-2H3/t21-/m1/s1. The van der Waals surface area contributed by atoms with Gasteiger partial charge in [0.15, 0.2) is 0 Å². The number of piperidine rings is 1. The monoisotopic (exact) mass is 442 g/mol. The van der Waals surface area contributed by atoms with Crippen LogP contribution < -0.4 is 0 Å². The van der Waals surface area contributed by atoms with Gasteiger partial charge in [0.1, 0.15) is 5.82 Å². The number of pyridine rings is 1. The van der Waals surface area contributed by atoms with Crippen LogP contribution in [0.4, 0.5) is 4.39 Å². The summed E-state index contributed by atoms with van der Waals surface area (Å²) in [4.78, 5) is 24.6. The van der Waals surface area contributed by atoms with Gasteiger partial charge in [0.25, 0.3) is 5.91 Å². The number of imidazole rings is 1. The minimum Gasteiger partial charge on any atom is -0.338 e. The lowest BCUT2D eigenvalue weighted by Crippen LogP contribution is -2.39. The zero-order valence-corrected chi connectivity index (χ0v) is 18.9. The van der Waals surface area contributed by atoms with Gasteiger partial charge >= 0.3 is 0 Å². The minimum absolute atomic E-state index is 0.0374. The second kappa shape index (κ2) is 8.77. The molecule has 168 valence electrons. The van der Waals surface area contributed by atoms with E-state index in [1.165, 1.54) is 12.1 Å². The third-order valence-corrected chi connectivity index (χ3v) is 6.42. The van der Waals surface area contributed by atoms with E-state index in [0.29, 0.717) is 18.2 Å². The molecule has 0 spiro atoms. The van der Waals surface area contributed by atoms with Crippen molar-refractivity contribution in [2.24, 2.45) is 0 Å². The highest BCUT2D eigenvalue weighted by Crippen LogP contribution is 2.29. The van der Waals surface area contributed by atoms with Gasteiger partial charge < -0.3 is 9.47 Å². The Kier molecular flexibility index (Phi) is 5.67. The van der Waals surface area contributed by atoms with Crippen LogP contribution in [0.2, 0.25) is 0 Å². The minimum atomic E-state index is -0.259. The zero-order chi connectivity index (χ0) is 22.9.